The minimum absolute atomic E-state index is 0.0264. The summed E-state index contributed by atoms with van der Waals surface area (Å²) in [6.45, 7) is 1.75. The smallest absolute Gasteiger partial charge is 0.305 e. The van der Waals surface area contributed by atoms with Crippen molar-refractivity contribution < 1.29 is 66.3 Å². The summed E-state index contributed by atoms with van der Waals surface area (Å²) in [6.07, 6.45) is 4.86. The van der Waals surface area contributed by atoms with Crippen LogP contribution in [0.15, 0.2) is 132 Å². The molecule has 2 aliphatic heterocycles. The molecule has 542 valence electrons. The molecule has 0 saturated carbocycles. The van der Waals surface area contributed by atoms with Crippen molar-refractivity contribution in [2.45, 2.75) is 133 Å². The van der Waals surface area contributed by atoms with E-state index in [0.29, 0.717) is 110 Å². The van der Waals surface area contributed by atoms with Crippen LogP contribution in [0.3, 0.4) is 0 Å². The maximum Gasteiger partial charge on any atom is 0.305 e. The SMILES string of the molecule is CN(Cc1nc2ccccc2[nH]1)C(=O)c1ccc2c(c1)CN(CCCCCCNC(=O)CC[C@H](NC(=O)c1ccc(NNCc3ccccc3S(=O)(=O)O)nc1)C(=O)NCCCCCCN1Cc3cc(C(=O)N(C)Cc4nc5ccccc5[nH]4)ccc3N[C@@H](CC(=O)O)C1=O)C(=O)[C@H](CC(=O)O)N2. The van der Waals surface area contributed by atoms with E-state index in [2.05, 4.69) is 62.4 Å². The zero-order valence-electron chi connectivity index (χ0n) is 57.1. The number of carbonyl (C=O) groups is 9. The van der Waals surface area contributed by atoms with E-state index < -0.39 is 70.7 Å². The molecule has 0 fully saturated rings. The lowest BCUT2D eigenvalue weighted by atomic mass is 10.1. The number of unbranched alkanes of at least 4 members (excludes halogenated alkanes) is 6. The number of nitrogens with zero attached hydrogens (tertiary/aromatic N) is 7. The predicted octanol–water partition coefficient (Wildman–Crippen LogP) is 6.57. The van der Waals surface area contributed by atoms with Crippen molar-refractivity contribution in [1.82, 2.24) is 65.9 Å². The lowest BCUT2D eigenvalue weighted by molar-refractivity contribution is -0.141. The van der Waals surface area contributed by atoms with Gasteiger partial charge in [-0.15, -0.1) is 0 Å². The van der Waals surface area contributed by atoms with Crippen LogP contribution in [0.1, 0.15) is 136 Å². The normalized spacial score (nSPS) is 14.6. The van der Waals surface area contributed by atoms with Crippen LogP contribution in [0, 0.1) is 0 Å². The molecular weight excluding hydrogens is 1340 g/mol. The number of fused-ring (bicyclic) bond motifs is 4. The number of pyridine rings is 1. The third-order valence-electron chi connectivity index (χ3n) is 17.8. The molecule has 0 saturated heterocycles. The standard InChI is InChI=1S/C72H84N16O14S/c1-85(43-62-79-53-18-8-9-19-54(53)80-62)69(96)45-23-26-51-49(35-45)41-87(71(98)58(77-51)37-65(90)91)33-15-5-3-13-31-73-64(89)30-28-57(83-67(94)48-25-29-61(75-39-48)84-76-40-47-17-7-12-22-60(47)103(100,101)102)68(95)74-32-14-4-6-16-34-88-42-50-36-46(24-27-52(50)78-59(72(88)99)38-66(92)93)70(97)86(2)44-63-81-55-20-10-11-21-56(55)82-63/h7-12,17-27,29,35-36,39,57-59,76-78H,3-6,13-16,28,30-34,37-38,40-44H2,1-2H3,(H,73,89)(H,74,95)(H,75,84)(H,79,80)(H,81,82)(H,83,94)(H,90,91)(H,92,93)(H,100,101,102)/t57-,58-,59-/m0/s1. The second kappa shape index (κ2) is 34.8. The van der Waals surface area contributed by atoms with Crippen LogP contribution in [0.5, 0.6) is 0 Å². The Labute approximate surface area is 593 Å². The monoisotopic (exact) mass is 1430 g/mol. The van der Waals surface area contributed by atoms with E-state index in [-0.39, 0.29) is 104 Å². The van der Waals surface area contributed by atoms with Gasteiger partial charge in [0.1, 0.15) is 35.6 Å². The highest BCUT2D eigenvalue weighted by molar-refractivity contribution is 7.85. The fourth-order valence-corrected chi connectivity index (χ4v) is 13.2. The number of carboxylic acids is 2. The molecule has 5 aromatic carbocycles. The van der Waals surface area contributed by atoms with Gasteiger partial charge in [-0.3, -0.25) is 47.7 Å². The summed E-state index contributed by atoms with van der Waals surface area (Å²) >= 11 is 0. The summed E-state index contributed by atoms with van der Waals surface area (Å²) in [5, 5.41) is 34.2. The second-order valence-electron chi connectivity index (χ2n) is 25.6. The fraction of sp³-hybridized carbons (Fsp3) is 0.361. The molecule has 3 aromatic heterocycles. The highest BCUT2D eigenvalue weighted by Crippen LogP contribution is 2.30. The number of hydrogen-bond donors (Lipinski definition) is 12. The van der Waals surface area contributed by atoms with Crippen LogP contribution in [0.2, 0.25) is 0 Å². The first-order chi connectivity index (χ1) is 49.5. The molecule has 0 radical (unpaired) electrons. The van der Waals surface area contributed by atoms with Gasteiger partial charge in [-0.25, -0.2) is 20.4 Å². The summed E-state index contributed by atoms with van der Waals surface area (Å²) < 4.78 is 33.4. The Morgan fingerprint density at radius 3 is 1.61 bits per heavy atom. The summed E-state index contributed by atoms with van der Waals surface area (Å²) in [5.74, 6) is -3.72. The van der Waals surface area contributed by atoms with E-state index in [1.54, 1.807) is 71.3 Å². The molecular formula is C72H84N16O14S. The third kappa shape index (κ3) is 20.5. The molecule has 12 N–H and O–H groups in total. The van der Waals surface area contributed by atoms with Crippen molar-refractivity contribution in [1.29, 1.82) is 0 Å². The number of aromatic nitrogens is 5. The molecule has 0 bridgehead atoms. The Morgan fingerprint density at radius 1 is 0.612 bits per heavy atom. The first kappa shape index (κ1) is 74.4. The van der Waals surface area contributed by atoms with Crippen LogP contribution in [-0.2, 0) is 71.6 Å². The molecule has 31 heteroatoms. The highest BCUT2D eigenvalue weighted by Gasteiger charge is 2.34. The first-order valence-electron chi connectivity index (χ1n) is 34.1. The van der Waals surface area contributed by atoms with Gasteiger partial charge < -0.3 is 71.8 Å². The van der Waals surface area contributed by atoms with Gasteiger partial charge in [0.25, 0.3) is 27.8 Å². The van der Waals surface area contributed by atoms with Crippen LogP contribution >= 0.6 is 0 Å². The Balaban J connectivity index is 0.698. The number of imidazole rings is 2. The molecule has 0 spiro atoms. The summed E-state index contributed by atoms with van der Waals surface area (Å²) in [4.78, 5) is 146. The zero-order valence-corrected chi connectivity index (χ0v) is 57.9. The average molecular weight is 1430 g/mol. The number of aliphatic carboxylic acids is 2. The summed E-state index contributed by atoms with van der Waals surface area (Å²) in [6, 6.07) is 30.7. The number of benzene rings is 5. The van der Waals surface area contributed by atoms with E-state index in [1.165, 1.54) is 41.4 Å². The van der Waals surface area contributed by atoms with Gasteiger partial charge in [-0.05, 0) is 128 Å². The number of anilines is 3. The highest BCUT2D eigenvalue weighted by atomic mass is 32.2. The van der Waals surface area contributed by atoms with Crippen LogP contribution < -0.4 is 37.4 Å². The predicted molar refractivity (Wildman–Crippen MR) is 381 cm³/mol. The number of hydrazine groups is 1. The number of para-hydroxylation sites is 4. The second-order valence-corrected chi connectivity index (χ2v) is 27.0. The van der Waals surface area contributed by atoms with Crippen LogP contribution in [-0.4, -0.2) is 179 Å². The number of H-pyrrole nitrogens is 2. The number of carbonyl (C=O) groups excluding carboxylic acids is 7. The number of aromatic amines is 2. The lowest BCUT2D eigenvalue weighted by Gasteiger charge is -2.24. The van der Waals surface area contributed by atoms with Gasteiger partial charge in [0, 0.05) is 95.0 Å². The van der Waals surface area contributed by atoms with E-state index in [4.69, 9.17) is 0 Å². The van der Waals surface area contributed by atoms with E-state index in [0.717, 1.165) is 22.1 Å². The van der Waals surface area contributed by atoms with Crippen molar-refractivity contribution in [3.8, 4) is 0 Å². The van der Waals surface area contributed by atoms with Gasteiger partial charge in [-0.1, -0.05) is 68.1 Å². The first-order valence-corrected chi connectivity index (χ1v) is 35.5. The molecule has 0 unspecified atom stereocenters. The Kier molecular flexibility index (Phi) is 25.2. The molecule has 3 atom stereocenters. The van der Waals surface area contributed by atoms with Gasteiger partial charge >= 0.3 is 11.9 Å². The Bertz CT molecular complexity index is 4460. The Hall–Kier alpha value is -11.3. The molecule has 8 aromatic rings. The quantitative estimate of drug-likeness (QED) is 0.0113. The number of rotatable bonds is 35. The zero-order chi connectivity index (χ0) is 73.2. The van der Waals surface area contributed by atoms with Crippen LogP contribution in [0.4, 0.5) is 17.2 Å². The van der Waals surface area contributed by atoms with Gasteiger partial charge in [0.2, 0.25) is 23.6 Å². The topological polar surface area (TPSA) is 416 Å². The fourth-order valence-electron chi connectivity index (χ4n) is 12.4. The van der Waals surface area contributed by atoms with E-state index in [1.807, 2.05) is 48.5 Å². The number of carboxylic acid groups (broad SMARTS) is 2. The third-order valence-corrected chi connectivity index (χ3v) is 18.7. The molecule has 5 heterocycles. The summed E-state index contributed by atoms with van der Waals surface area (Å²) in [7, 11) is -1.15. The Morgan fingerprint density at radius 2 is 1.11 bits per heavy atom. The number of hydrogen-bond acceptors (Lipinski definition) is 18. The van der Waals surface area contributed by atoms with Crippen molar-refractivity contribution in [3.63, 3.8) is 0 Å². The van der Waals surface area contributed by atoms with Crippen LogP contribution in [0.25, 0.3) is 22.1 Å². The minimum atomic E-state index is -4.49. The van der Waals surface area contributed by atoms with Crippen molar-refractivity contribution in [3.05, 3.63) is 173 Å². The number of amides is 7. The molecule has 2 aliphatic rings. The molecule has 7 amide bonds. The summed E-state index contributed by atoms with van der Waals surface area (Å²) in [5.41, 5.74) is 12.4. The lowest BCUT2D eigenvalue weighted by Crippen LogP contribution is -2.47. The molecule has 0 aliphatic carbocycles. The van der Waals surface area contributed by atoms with Gasteiger partial charge in [0.05, 0.1) is 58.5 Å². The van der Waals surface area contributed by atoms with E-state index >= 15 is 0 Å². The molecule has 103 heavy (non-hydrogen) atoms. The van der Waals surface area contributed by atoms with Crippen molar-refractivity contribution in [2.24, 2.45) is 0 Å². The maximum absolute atomic E-state index is 13.9. The maximum atomic E-state index is 13.9. The minimum Gasteiger partial charge on any atom is -0.481 e. The average Bonchev–Trinajstić information content (AvgIpc) is 1.71. The largest absolute Gasteiger partial charge is 0.481 e. The van der Waals surface area contributed by atoms with Crippen molar-refractivity contribution >= 4 is 103 Å². The molecule has 10 rings (SSSR count). The van der Waals surface area contributed by atoms with Crippen molar-refractivity contribution in [2.75, 3.05) is 56.3 Å². The van der Waals surface area contributed by atoms with Gasteiger partial charge in [0.15, 0.2) is 0 Å². The number of nitrogens with one attached hydrogen (secondary N) is 9. The van der Waals surface area contributed by atoms with Gasteiger partial charge in [-0.2, -0.15) is 8.42 Å². The van der Waals surface area contributed by atoms with E-state index in [9.17, 15) is 66.3 Å². The molecule has 30 nitrogen and oxygen atoms in total.